The summed E-state index contributed by atoms with van der Waals surface area (Å²) in [4.78, 5) is 32.8. The number of aromatic nitrogens is 1. The number of Topliss-reactive ketones (excluding diaryl/α,β-unsaturated/α-hetero) is 2. The number of ketones is 2. The molecule has 1 aromatic carbocycles. The predicted octanol–water partition coefficient (Wildman–Crippen LogP) is 3.77. The molecule has 5 nitrogen and oxygen atoms in total. The van der Waals surface area contributed by atoms with Crippen molar-refractivity contribution in [2.75, 3.05) is 6.54 Å². The summed E-state index contributed by atoms with van der Waals surface area (Å²) in [6, 6.07) is 6.85. The van der Waals surface area contributed by atoms with Crippen molar-refractivity contribution in [2.45, 2.75) is 12.8 Å². The van der Waals surface area contributed by atoms with Crippen LogP contribution in [0.15, 0.2) is 44.4 Å². The Morgan fingerprint density at radius 3 is 2.62 bits per heavy atom. The summed E-state index contributed by atoms with van der Waals surface area (Å²) in [6.07, 6.45) is 2.09. The monoisotopic (exact) mass is 450 g/mol. The number of hydrogen-bond acceptors (Lipinski definition) is 5. The molecule has 1 aromatic heterocycles. The predicted molar refractivity (Wildman–Crippen MR) is 97.0 cm³/mol. The van der Waals surface area contributed by atoms with Gasteiger partial charge in [-0.3, -0.25) is 19.6 Å². The molecule has 0 saturated heterocycles. The van der Waals surface area contributed by atoms with E-state index in [4.69, 9.17) is 0 Å². The molecule has 1 aliphatic rings. The molecule has 2 aromatic rings. The Hall–Kier alpha value is -1.86. The van der Waals surface area contributed by atoms with E-state index in [1.165, 1.54) is 6.20 Å². The van der Waals surface area contributed by atoms with Crippen LogP contribution in [0.25, 0.3) is 0 Å². The summed E-state index contributed by atoms with van der Waals surface area (Å²) >= 11 is 6.56. The third-order valence-corrected chi connectivity index (χ3v) is 4.90. The van der Waals surface area contributed by atoms with Crippen LogP contribution in [0.1, 0.15) is 32.8 Å². The van der Waals surface area contributed by atoms with Crippen molar-refractivity contribution in [1.29, 1.82) is 0 Å². The van der Waals surface area contributed by atoms with Gasteiger partial charge in [-0.25, -0.2) is 0 Å². The summed E-state index contributed by atoms with van der Waals surface area (Å²) in [5.74, 6) is -0.273. The average molecular weight is 452 g/mol. The fourth-order valence-electron chi connectivity index (χ4n) is 2.49. The standard InChI is InChI=1S/C17H12Br2N2O3/c18-11-6-9(7-12(19)16(11)23)3-5-20-13-8-14(22)10-2-1-4-21-15(10)17(13)24/h1-2,4,6-7,23H,3,5,8H2. The molecule has 1 aliphatic carbocycles. The topological polar surface area (TPSA) is 79.6 Å². The largest absolute Gasteiger partial charge is 0.506 e. The number of halogens is 2. The van der Waals surface area contributed by atoms with Gasteiger partial charge in [-0.2, -0.15) is 0 Å². The van der Waals surface area contributed by atoms with Crippen molar-refractivity contribution < 1.29 is 14.7 Å². The Morgan fingerprint density at radius 2 is 1.92 bits per heavy atom. The Morgan fingerprint density at radius 1 is 1.21 bits per heavy atom. The molecule has 0 unspecified atom stereocenters. The number of benzene rings is 1. The zero-order valence-electron chi connectivity index (χ0n) is 12.4. The molecule has 0 aliphatic heterocycles. The Labute approximate surface area is 155 Å². The number of nitrogens with zero attached hydrogens (tertiary/aromatic N) is 2. The maximum atomic E-state index is 12.4. The fourth-order valence-corrected chi connectivity index (χ4v) is 3.77. The number of pyridine rings is 1. The van der Waals surface area contributed by atoms with Crippen LogP contribution < -0.4 is 0 Å². The molecule has 0 spiro atoms. The van der Waals surface area contributed by atoms with E-state index in [0.29, 0.717) is 27.5 Å². The van der Waals surface area contributed by atoms with E-state index in [1.54, 1.807) is 24.3 Å². The van der Waals surface area contributed by atoms with Crippen molar-refractivity contribution in [3.8, 4) is 5.75 Å². The van der Waals surface area contributed by atoms with Gasteiger partial charge in [0.1, 0.15) is 11.4 Å². The summed E-state index contributed by atoms with van der Waals surface area (Å²) in [7, 11) is 0. The second-order valence-electron chi connectivity index (χ2n) is 5.32. The number of aromatic hydroxyl groups is 1. The maximum Gasteiger partial charge on any atom is 0.226 e. The number of carbonyl (C=O) groups is 2. The fraction of sp³-hybridized carbons (Fsp3) is 0.176. The van der Waals surface area contributed by atoms with E-state index in [1.807, 2.05) is 0 Å². The first-order valence-corrected chi connectivity index (χ1v) is 8.79. The molecule has 0 fully saturated rings. The minimum atomic E-state index is -0.279. The molecule has 0 bridgehead atoms. The number of aliphatic imine (C=N–C) groups is 1. The molecule has 0 atom stereocenters. The number of fused-ring (bicyclic) bond motifs is 1. The number of rotatable bonds is 3. The lowest BCUT2D eigenvalue weighted by atomic mass is 9.92. The number of hydrogen-bond donors (Lipinski definition) is 1. The van der Waals surface area contributed by atoms with Crippen molar-refractivity contribution in [2.24, 2.45) is 4.99 Å². The van der Waals surface area contributed by atoms with E-state index in [0.717, 1.165) is 5.56 Å². The van der Waals surface area contributed by atoms with E-state index < -0.39 is 0 Å². The van der Waals surface area contributed by atoms with Crippen molar-refractivity contribution in [1.82, 2.24) is 4.98 Å². The van der Waals surface area contributed by atoms with Gasteiger partial charge >= 0.3 is 0 Å². The lowest BCUT2D eigenvalue weighted by Crippen LogP contribution is -2.28. The molecule has 24 heavy (non-hydrogen) atoms. The highest BCUT2D eigenvalue weighted by Gasteiger charge is 2.29. The highest BCUT2D eigenvalue weighted by atomic mass is 79.9. The van der Waals surface area contributed by atoms with Gasteiger partial charge in [-0.1, -0.05) is 0 Å². The van der Waals surface area contributed by atoms with E-state index in [-0.39, 0.29) is 35.1 Å². The van der Waals surface area contributed by atoms with Crippen molar-refractivity contribution >= 4 is 49.1 Å². The van der Waals surface area contributed by atoms with E-state index in [9.17, 15) is 14.7 Å². The molecule has 0 saturated carbocycles. The van der Waals surface area contributed by atoms with E-state index in [2.05, 4.69) is 41.8 Å². The number of phenolic OH excluding ortho intramolecular Hbond substituents is 1. The second-order valence-corrected chi connectivity index (χ2v) is 7.02. The molecule has 1 heterocycles. The summed E-state index contributed by atoms with van der Waals surface area (Å²) in [5.41, 5.74) is 1.75. The molecular weight excluding hydrogens is 440 g/mol. The van der Waals surface area contributed by atoms with Gasteiger partial charge < -0.3 is 5.11 Å². The normalized spacial score (nSPS) is 15.7. The third kappa shape index (κ3) is 3.32. The van der Waals surface area contributed by atoms with Crippen LogP contribution in [0.5, 0.6) is 5.75 Å². The van der Waals surface area contributed by atoms with Gasteiger partial charge in [-0.05, 0) is 68.1 Å². The lowest BCUT2D eigenvalue weighted by Gasteiger charge is -2.14. The van der Waals surface area contributed by atoms with Crippen LogP contribution in [0, 0.1) is 0 Å². The van der Waals surface area contributed by atoms with Gasteiger partial charge in [0.25, 0.3) is 0 Å². The maximum absolute atomic E-state index is 12.4. The van der Waals surface area contributed by atoms with Gasteiger partial charge in [0.05, 0.1) is 21.1 Å². The first-order chi connectivity index (χ1) is 11.5. The van der Waals surface area contributed by atoms with Crippen molar-refractivity contribution in [3.63, 3.8) is 0 Å². The first kappa shape index (κ1) is 17.0. The van der Waals surface area contributed by atoms with Gasteiger partial charge in [0.15, 0.2) is 5.78 Å². The minimum absolute atomic E-state index is 0.0144. The highest BCUT2D eigenvalue weighted by molar-refractivity contribution is 9.11. The second kappa shape index (κ2) is 6.94. The lowest BCUT2D eigenvalue weighted by molar-refractivity contribution is 0.0962. The number of phenols is 1. The average Bonchev–Trinajstić information content (AvgIpc) is 2.57. The van der Waals surface area contributed by atoms with Crippen LogP contribution in [0.3, 0.4) is 0 Å². The van der Waals surface area contributed by atoms with Crippen LogP contribution >= 0.6 is 31.9 Å². The van der Waals surface area contributed by atoms with E-state index >= 15 is 0 Å². The zero-order valence-corrected chi connectivity index (χ0v) is 15.6. The smallest absolute Gasteiger partial charge is 0.226 e. The van der Waals surface area contributed by atoms with Crippen LogP contribution in [0.2, 0.25) is 0 Å². The SMILES string of the molecule is O=C1CC(=NCCc2cc(Br)c(O)c(Br)c2)C(=O)c2ncccc21. The molecule has 122 valence electrons. The summed E-state index contributed by atoms with van der Waals surface area (Å²) in [6.45, 7) is 0.375. The zero-order chi connectivity index (χ0) is 17.3. The minimum Gasteiger partial charge on any atom is -0.506 e. The first-order valence-electron chi connectivity index (χ1n) is 7.20. The molecule has 0 amide bonds. The Balaban J connectivity index is 1.76. The molecule has 0 radical (unpaired) electrons. The molecule has 3 rings (SSSR count). The van der Waals surface area contributed by atoms with Gasteiger partial charge in [0.2, 0.25) is 5.78 Å². The third-order valence-electron chi connectivity index (χ3n) is 3.69. The van der Waals surface area contributed by atoms with Gasteiger partial charge in [-0.15, -0.1) is 0 Å². The highest BCUT2D eigenvalue weighted by Crippen LogP contribution is 2.33. The summed E-state index contributed by atoms with van der Waals surface area (Å²) in [5, 5.41) is 9.71. The van der Waals surface area contributed by atoms with Crippen LogP contribution in [-0.4, -0.2) is 33.9 Å². The Kier molecular flexibility index (Phi) is 4.91. The quantitative estimate of drug-likeness (QED) is 0.770. The molecule has 1 N–H and O–H groups in total. The van der Waals surface area contributed by atoms with Crippen LogP contribution in [-0.2, 0) is 6.42 Å². The summed E-state index contributed by atoms with van der Waals surface area (Å²) < 4.78 is 1.17. The van der Waals surface area contributed by atoms with Crippen molar-refractivity contribution in [3.05, 3.63) is 56.2 Å². The number of carbonyl (C=O) groups excluding carboxylic acids is 2. The van der Waals surface area contributed by atoms with Gasteiger partial charge in [0, 0.05) is 18.3 Å². The molecule has 7 heteroatoms. The van der Waals surface area contributed by atoms with Crippen LogP contribution in [0.4, 0.5) is 0 Å². The Bertz CT molecular complexity index is 855. The molecular formula is C17H12Br2N2O3.